The second kappa shape index (κ2) is 10.3. The third-order valence-electron chi connectivity index (χ3n) is 5.18. The molecule has 34 heavy (non-hydrogen) atoms. The maximum atomic E-state index is 12.3. The molecular weight excluding hydrogens is 436 g/mol. The molecule has 1 heterocycles. The Balaban J connectivity index is 1.70. The van der Waals surface area contributed by atoms with Crippen molar-refractivity contribution >= 4 is 34.4 Å². The number of hydrogen-bond donors (Lipinski definition) is 2. The van der Waals surface area contributed by atoms with E-state index < -0.39 is 17.8 Å². The van der Waals surface area contributed by atoms with Crippen LogP contribution in [0.1, 0.15) is 43.6 Å². The number of benzene rings is 2. The van der Waals surface area contributed by atoms with Crippen LogP contribution in [0.4, 0.5) is 5.69 Å². The number of hydrogen-bond acceptors (Lipinski definition) is 6. The summed E-state index contributed by atoms with van der Waals surface area (Å²) in [5.74, 6) is -1.93. The average molecular weight is 465 g/mol. The Morgan fingerprint density at radius 2 is 1.74 bits per heavy atom. The van der Waals surface area contributed by atoms with Crippen LogP contribution in [0.25, 0.3) is 10.9 Å². The van der Waals surface area contributed by atoms with Crippen LogP contribution in [-0.2, 0) is 26.3 Å². The van der Waals surface area contributed by atoms with Crippen molar-refractivity contribution in [2.45, 2.75) is 39.7 Å². The number of amides is 2. The van der Waals surface area contributed by atoms with Crippen molar-refractivity contribution in [2.75, 3.05) is 13.2 Å². The van der Waals surface area contributed by atoms with Crippen molar-refractivity contribution < 1.29 is 24.2 Å². The number of aromatic nitrogens is 1. The first-order valence-electron chi connectivity index (χ1n) is 10.9. The molecule has 0 atom stereocenters. The van der Waals surface area contributed by atoms with Gasteiger partial charge in [-0.05, 0) is 36.1 Å². The Labute approximate surface area is 197 Å². The molecule has 9 heteroatoms. The Kier molecular flexibility index (Phi) is 7.45. The van der Waals surface area contributed by atoms with E-state index in [1.807, 2.05) is 12.1 Å². The molecule has 2 amide bonds. The summed E-state index contributed by atoms with van der Waals surface area (Å²) in [6.45, 7) is 7.58. The number of esters is 1. The number of nitrogens with zero attached hydrogens (tertiary/aromatic N) is 3. The zero-order chi connectivity index (χ0) is 24.9. The van der Waals surface area contributed by atoms with E-state index in [4.69, 9.17) is 4.74 Å². The molecule has 0 saturated heterocycles. The minimum atomic E-state index is -0.693. The smallest absolute Gasteiger partial charge is 0.326 e. The molecular formula is C25H28N4O5. The molecule has 3 rings (SSSR count). The first kappa shape index (κ1) is 24.6. The van der Waals surface area contributed by atoms with Crippen LogP contribution in [0, 0.1) is 0 Å². The molecule has 0 aliphatic carbocycles. The fraction of sp³-hybridized carbons (Fsp3) is 0.320. The molecule has 0 aliphatic rings. The predicted octanol–water partition coefficient (Wildman–Crippen LogP) is 4.25. The first-order chi connectivity index (χ1) is 16.1. The lowest BCUT2D eigenvalue weighted by molar-refractivity contribution is -0.143. The standard InChI is InChI=1S/C25H28N4O5/c1-5-34-21(31)15-29-19-9-7-6-8-18(19)22(24(29)33)28-27-20(30)14-26-23(32)16-10-12-17(13-11-16)25(2,3)4/h6-13,33H,5,14-15H2,1-4H3,(H,26,32). The fourth-order valence-corrected chi connectivity index (χ4v) is 3.39. The lowest BCUT2D eigenvalue weighted by Crippen LogP contribution is -2.28. The van der Waals surface area contributed by atoms with Gasteiger partial charge in [0, 0.05) is 10.9 Å². The van der Waals surface area contributed by atoms with Crippen LogP contribution < -0.4 is 5.32 Å². The summed E-state index contributed by atoms with van der Waals surface area (Å²) in [4.78, 5) is 36.5. The SMILES string of the molecule is CCOC(=O)Cn1c(O)c(N=NC(=O)CNC(=O)c2ccc(C(C)(C)C)cc2)c2ccccc21. The van der Waals surface area contributed by atoms with Crippen LogP contribution in [0.3, 0.4) is 0 Å². The third-order valence-corrected chi connectivity index (χ3v) is 5.18. The van der Waals surface area contributed by atoms with Crippen LogP contribution in [0.5, 0.6) is 5.88 Å². The molecule has 0 spiro atoms. The number of rotatable bonds is 7. The molecule has 0 saturated carbocycles. The summed E-state index contributed by atoms with van der Waals surface area (Å²) < 4.78 is 6.29. The summed E-state index contributed by atoms with van der Waals surface area (Å²) in [5.41, 5.74) is 2.09. The van der Waals surface area contributed by atoms with Crippen LogP contribution in [-0.4, -0.2) is 40.6 Å². The van der Waals surface area contributed by atoms with E-state index in [-0.39, 0.29) is 36.7 Å². The van der Waals surface area contributed by atoms with E-state index in [1.54, 1.807) is 43.3 Å². The Bertz CT molecular complexity index is 1240. The van der Waals surface area contributed by atoms with Gasteiger partial charge in [-0.3, -0.25) is 19.0 Å². The van der Waals surface area contributed by atoms with E-state index in [0.717, 1.165) is 5.56 Å². The maximum absolute atomic E-state index is 12.3. The zero-order valence-electron chi connectivity index (χ0n) is 19.7. The van der Waals surface area contributed by atoms with Gasteiger partial charge in [0.25, 0.3) is 11.8 Å². The highest BCUT2D eigenvalue weighted by molar-refractivity contribution is 5.97. The molecule has 2 N–H and O–H groups in total. The summed E-state index contributed by atoms with van der Waals surface area (Å²) >= 11 is 0. The van der Waals surface area contributed by atoms with Crippen molar-refractivity contribution in [3.8, 4) is 5.88 Å². The highest BCUT2D eigenvalue weighted by Gasteiger charge is 2.19. The van der Waals surface area contributed by atoms with Crippen molar-refractivity contribution in [2.24, 2.45) is 10.2 Å². The maximum Gasteiger partial charge on any atom is 0.326 e. The number of carbonyl (C=O) groups excluding carboxylic acids is 3. The number of nitrogens with one attached hydrogen (secondary N) is 1. The second-order valence-electron chi connectivity index (χ2n) is 8.68. The van der Waals surface area contributed by atoms with Gasteiger partial charge in [-0.2, -0.15) is 0 Å². The van der Waals surface area contributed by atoms with Gasteiger partial charge in [0.15, 0.2) is 5.69 Å². The monoisotopic (exact) mass is 464 g/mol. The summed E-state index contributed by atoms with van der Waals surface area (Å²) in [5, 5.41) is 21.2. The van der Waals surface area contributed by atoms with Crippen LogP contribution >= 0.6 is 0 Å². The van der Waals surface area contributed by atoms with Crippen molar-refractivity contribution in [1.82, 2.24) is 9.88 Å². The Morgan fingerprint density at radius 3 is 2.38 bits per heavy atom. The number of para-hydroxylation sites is 1. The van der Waals surface area contributed by atoms with Crippen LogP contribution in [0.15, 0.2) is 58.8 Å². The molecule has 0 fully saturated rings. The summed E-state index contributed by atoms with van der Waals surface area (Å²) in [6, 6.07) is 14.1. The average Bonchev–Trinajstić information content (AvgIpc) is 3.06. The Morgan fingerprint density at radius 1 is 1.06 bits per heavy atom. The van der Waals surface area contributed by atoms with E-state index in [2.05, 4.69) is 36.3 Å². The van der Waals surface area contributed by atoms with Gasteiger partial charge in [-0.1, -0.05) is 51.1 Å². The van der Waals surface area contributed by atoms with Crippen LogP contribution in [0.2, 0.25) is 0 Å². The highest BCUT2D eigenvalue weighted by atomic mass is 16.5. The topological polar surface area (TPSA) is 122 Å². The van der Waals surface area contributed by atoms with Crippen molar-refractivity contribution in [1.29, 1.82) is 0 Å². The number of azo groups is 1. The van der Waals surface area contributed by atoms with Crippen molar-refractivity contribution in [3.05, 3.63) is 59.7 Å². The van der Waals surface area contributed by atoms with E-state index in [1.165, 1.54) is 4.57 Å². The largest absolute Gasteiger partial charge is 0.493 e. The van der Waals surface area contributed by atoms with Gasteiger partial charge in [-0.25, -0.2) is 0 Å². The number of fused-ring (bicyclic) bond motifs is 1. The normalized spacial score (nSPS) is 11.6. The highest BCUT2D eigenvalue weighted by Crippen LogP contribution is 2.38. The van der Waals surface area contributed by atoms with E-state index in [0.29, 0.717) is 16.5 Å². The van der Waals surface area contributed by atoms with Gasteiger partial charge in [0.05, 0.1) is 12.1 Å². The quantitative estimate of drug-likeness (QED) is 0.400. The van der Waals surface area contributed by atoms with Gasteiger partial charge in [0.1, 0.15) is 13.1 Å². The molecule has 9 nitrogen and oxygen atoms in total. The molecule has 0 aliphatic heterocycles. The molecule has 0 unspecified atom stereocenters. The van der Waals surface area contributed by atoms with Crippen molar-refractivity contribution in [3.63, 3.8) is 0 Å². The van der Waals surface area contributed by atoms with Gasteiger partial charge >= 0.3 is 5.97 Å². The minimum absolute atomic E-state index is 0.0314. The molecule has 0 radical (unpaired) electrons. The molecule has 0 bridgehead atoms. The summed E-state index contributed by atoms with van der Waals surface area (Å²) in [7, 11) is 0. The van der Waals surface area contributed by atoms with Gasteiger partial charge in [-0.15, -0.1) is 10.2 Å². The molecule has 3 aromatic rings. The number of carbonyl (C=O) groups is 3. The lowest BCUT2D eigenvalue weighted by Gasteiger charge is -2.18. The van der Waals surface area contributed by atoms with Gasteiger partial charge in [0.2, 0.25) is 5.88 Å². The number of ether oxygens (including phenoxy) is 1. The molecule has 1 aromatic heterocycles. The van der Waals surface area contributed by atoms with E-state index >= 15 is 0 Å². The summed E-state index contributed by atoms with van der Waals surface area (Å²) in [6.07, 6.45) is 0. The molecule has 2 aromatic carbocycles. The third kappa shape index (κ3) is 5.67. The lowest BCUT2D eigenvalue weighted by atomic mass is 9.87. The number of aromatic hydroxyl groups is 1. The molecule has 178 valence electrons. The minimum Gasteiger partial charge on any atom is -0.493 e. The van der Waals surface area contributed by atoms with Gasteiger partial charge < -0.3 is 15.2 Å². The zero-order valence-corrected chi connectivity index (χ0v) is 19.7. The fourth-order valence-electron chi connectivity index (χ4n) is 3.39. The first-order valence-corrected chi connectivity index (χ1v) is 10.9. The second-order valence-corrected chi connectivity index (χ2v) is 8.68. The Hall–Kier alpha value is -4.01. The van der Waals surface area contributed by atoms with E-state index in [9.17, 15) is 19.5 Å². The predicted molar refractivity (Wildman–Crippen MR) is 127 cm³/mol.